The van der Waals surface area contributed by atoms with Crippen molar-refractivity contribution in [1.82, 2.24) is 0 Å². The molecule has 4 rings (SSSR count). The molecule has 4 heteroatoms. The minimum atomic E-state index is -0.848. The minimum absolute atomic E-state index is 0.100. The first-order valence-corrected chi connectivity index (χ1v) is 10.3. The fraction of sp³-hybridized carbons (Fsp3) is 0.818. The van der Waals surface area contributed by atoms with Gasteiger partial charge in [0.05, 0.1) is 0 Å². The highest BCUT2D eigenvalue weighted by atomic mass is 16.6. The highest BCUT2D eigenvalue weighted by molar-refractivity contribution is 5.89. The van der Waals surface area contributed by atoms with Crippen molar-refractivity contribution in [3.8, 4) is 0 Å². The summed E-state index contributed by atoms with van der Waals surface area (Å²) in [6, 6.07) is 0. The molecule has 4 saturated carbocycles. The van der Waals surface area contributed by atoms with Crippen molar-refractivity contribution in [2.75, 3.05) is 0 Å². The smallest absolute Gasteiger partial charge is 0.348 e. The van der Waals surface area contributed by atoms with Crippen LogP contribution >= 0.6 is 0 Å². The third-order valence-electron chi connectivity index (χ3n) is 7.39. The minimum Gasteiger partial charge on any atom is -0.456 e. The van der Waals surface area contributed by atoms with Crippen LogP contribution in [0.3, 0.4) is 0 Å². The van der Waals surface area contributed by atoms with Crippen LogP contribution in [0, 0.1) is 23.2 Å². The maximum atomic E-state index is 12.9. The van der Waals surface area contributed by atoms with Gasteiger partial charge in [-0.05, 0) is 83.0 Å². The molecule has 0 amide bonds. The second-order valence-electron chi connectivity index (χ2n) is 9.29. The van der Waals surface area contributed by atoms with Crippen molar-refractivity contribution >= 4 is 11.9 Å². The molecular weight excluding hydrogens is 328 g/mol. The Morgan fingerprint density at radius 1 is 1.12 bits per heavy atom. The topological polar surface area (TPSA) is 52.6 Å². The number of rotatable bonds is 7. The lowest BCUT2D eigenvalue weighted by molar-refractivity contribution is -0.213. The maximum Gasteiger partial charge on any atom is 0.348 e. The highest BCUT2D eigenvalue weighted by Crippen LogP contribution is 2.65. The normalized spacial score (nSPS) is 35.5. The van der Waals surface area contributed by atoms with Gasteiger partial charge >= 0.3 is 11.9 Å². The summed E-state index contributed by atoms with van der Waals surface area (Å²) in [6.07, 6.45) is 7.99. The van der Waals surface area contributed by atoms with Crippen molar-refractivity contribution in [2.24, 2.45) is 23.2 Å². The molecule has 4 fully saturated rings. The lowest BCUT2D eigenvalue weighted by atomic mass is 9.45. The van der Waals surface area contributed by atoms with E-state index >= 15 is 0 Å². The fourth-order valence-electron chi connectivity index (χ4n) is 6.13. The lowest BCUT2D eigenvalue weighted by Crippen LogP contribution is -2.59. The van der Waals surface area contributed by atoms with Gasteiger partial charge in [-0.3, -0.25) is 0 Å². The van der Waals surface area contributed by atoms with Gasteiger partial charge in [-0.1, -0.05) is 20.4 Å². The molecule has 0 heterocycles. The SMILES string of the molecule is C=C(C)C(=O)OC(CC)C(=O)OC(C)(CC)C12CC3CC(CC(C3)C1)C2. The van der Waals surface area contributed by atoms with Gasteiger partial charge in [-0.25, -0.2) is 9.59 Å². The summed E-state index contributed by atoms with van der Waals surface area (Å²) < 4.78 is 11.5. The van der Waals surface area contributed by atoms with E-state index in [1.54, 1.807) is 6.92 Å². The molecule has 4 aliphatic rings. The molecule has 4 nitrogen and oxygen atoms in total. The zero-order valence-corrected chi connectivity index (χ0v) is 16.8. The van der Waals surface area contributed by atoms with Crippen molar-refractivity contribution in [3.63, 3.8) is 0 Å². The average Bonchev–Trinajstić information content (AvgIpc) is 2.57. The zero-order valence-electron chi connectivity index (χ0n) is 16.8. The van der Waals surface area contributed by atoms with Crippen molar-refractivity contribution in [3.05, 3.63) is 12.2 Å². The molecule has 0 radical (unpaired) electrons. The molecule has 0 aliphatic heterocycles. The van der Waals surface area contributed by atoms with Crippen LogP contribution in [0.2, 0.25) is 0 Å². The number of esters is 2. The molecule has 4 bridgehead atoms. The van der Waals surface area contributed by atoms with E-state index < -0.39 is 23.6 Å². The van der Waals surface area contributed by atoms with E-state index in [2.05, 4.69) is 20.4 Å². The summed E-state index contributed by atoms with van der Waals surface area (Å²) in [5.74, 6) is 1.47. The Morgan fingerprint density at radius 2 is 1.62 bits per heavy atom. The van der Waals surface area contributed by atoms with E-state index in [0.29, 0.717) is 12.0 Å². The Hall–Kier alpha value is -1.32. The quantitative estimate of drug-likeness (QED) is 0.481. The summed E-state index contributed by atoms with van der Waals surface area (Å²) in [7, 11) is 0. The van der Waals surface area contributed by atoms with E-state index in [-0.39, 0.29) is 5.41 Å². The van der Waals surface area contributed by atoms with Gasteiger partial charge in [0, 0.05) is 11.0 Å². The molecule has 0 aromatic heterocycles. The van der Waals surface area contributed by atoms with Crippen LogP contribution in [0.1, 0.15) is 79.1 Å². The average molecular weight is 363 g/mol. The monoisotopic (exact) mass is 362 g/mol. The number of carbonyl (C=O) groups excluding carboxylic acids is 2. The van der Waals surface area contributed by atoms with Gasteiger partial charge in [-0.15, -0.1) is 0 Å². The first kappa shape index (κ1) is 19.4. The Labute approximate surface area is 157 Å². The molecule has 4 aliphatic carbocycles. The molecule has 2 unspecified atom stereocenters. The molecule has 0 spiro atoms. The number of carbonyl (C=O) groups is 2. The Balaban J connectivity index is 1.76. The molecule has 146 valence electrons. The van der Waals surface area contributed by atoms with Crippen molar-refractivity contribution in [2.45, 2.75) is 90.8 Å². The molecule has 0 N–H and O–H groups in total. The molecule has 26 heavy (non-hydrogen) atoms. The molecule has 0 saturated heterocycles. The molecule has 0 aromatic carbocycles. The van der Waals surface area contributed by atoms with Crippen LogP contribution in [0.4, 0.5) is 0 Å². The Bertz CT molecular complexity index is 558. The molecule has 0 aromatic rings. The van der Waals surface area contributed by atoms with Gasteiger partial charge in [0.15, 0.2) is 6.10 Å². The van der Waals surface area contributed by atoms with Gasteiger partial charge in [-0.2, -0.15) is 0 Å². The van der Waals surface area contributed by atoms with Crippen LogP contribution in [-0.2, 0) is 19.1 Å². The third kappa shape index (κ3) is 3.32. The van der Waals surface area contributed by atoms with Crippen molar-refractivity contribution in [1.29, 1.82) is 0 Å². The second-order valence-corrected chi connectivity index (χ2v) is 9.29. The third-order valence-corrected chi connectivity index (χ3v) is 7.39. The van der Waals surface area contributed by atoms with E-state index in [9.17, 15) is 9.59 Å². The second kappa shape index (κ2) is 7.01. The lowest BCUT2D eigenvalue weighted by Gasteiger charge is -2.62. The van der Waals surface area contributed by atoms with Crippen LogP contribution < -0.4 is 0 Å². The largest absolute Gasteiger partial charge is 0.456 e. The van der Waals surface area contributed by atoms with E-state index in [1.807, 2.05) is 6.92 Å². The molecular formula is C22H34O4. The summed E-state index contributed by atoms with van der Waals surface area (Å²) in [4.78, 5) is 24.7. The summed E-state index contributed by atoms with van der Waals surface area (Å²) in [5, 5.41) is 0. The first-order chi connectivity index (χ1) is 12.2. The number of hydrogen-bond acceptors (Lipinski definition) is 4. The summed E-state index contributed by atoms with van der Waals surface area (Å²) in [5.41, 5.74) is -0.0815. The Morgan fingerprint density at radius 3 is 2.00 bits per heavy atom. The van der Waals surface area contributed by atoms with Crippen LogP contribution in [0.15, 0.2) is 12.2 Å². The van der Waals surface area contributed by atoms with Gasteiger partial charge in [0.25, 0.3) is 0 Å². The number of ether oxygens (including phenoxy) is 2. The van der Waals surface area contributed by atoms with Gasteiger partial charge in [0.2, 0.25) is 0 Å². The van der Waals surface area contributed by atoms with E-state index in [0.717, 1.165) is 24.2 Å². The predicted octanol–water partition coefficient (Wildman–Crippen LogP) is 4.81. The predicted molar refractivity (Wildman–Crippen MR) is 100 cm³/mol. The van der Waals surface area contributed by atoms with Gasteiger partial charge < -0.3 is 9.47 Å². The Kier molecular flexibility index (Phi) is 5.24. The highest BCUT2D eigenvalue weighted by Gasteiger charge is 2.60. The van der Waals surface area contributed by atoms with Crippen LogP contribution in [0.25, 0.3) is 0 Å². The maximum absolute atomic E-state index is 12.9. The first-order valence-electron chi connectivity index (χ1n) is 10.3. The van der Waals surface area contributed by atoms with Gasteiger partial charge in [0.1, 0.15) is 5.60 Å². The fourth-order valence-corrected chi connectivity index (χ4v) is 6.13. The van der Waals surface area contributed by atoms with Crippen molar-refractivity contribution < 1.29 is 19.1 Å². The van der Waals surface area contributed by atoms with Crippen LogP contribution in [-0.4, -0.2) is 23.6 Å². The standard InChI is InChI=1S/C22H34O4/c1-6-18(25-19(23)14(3)4)20(24)26-21(5,7-2)22-11-15-8-16(12-22)10-17(9-15)13-22/h15-18H,3,6-13H2,1-2,4-5H3. The van der Waals surface area contributed by atoms with E-state index in [1.165, 1.54) is 38.5 Å². The molecule has 2 atom stereocenters. The number of hydrogen-bond donors (Lipinski definition) is 0. The summed E-state index contributed by atoms with van der Waals surface area (Å²) in [6.45, 7) is 11.3. The zero-order chi connectivity index (χ0) is 19.1. The van der Waals surface area contributed by atoms with E-state index in [4.69, 9.17) is 9.47 Å². The summed E-state index contributed by atoms with van der Waals surface area (Å²) >= 11 is 0. The van der Waals surface area contributed by atoms with Crippen LogP contribution in [0.5, 0.6) is 0 Å².